The van der Waals surface area contributed by atoms with E-state index in [1.807, 2.05) is 44.2 Å². The maximum absolute atomic E-state index is 11.5. The lowest BCUT2D eigenvalue weighted by atomic mass is 10.2. The molecule has 0 aliphatic carbocycles. The summed E-state index contributed by atoms with van der Waals surface area (Å²) in [5, 5.41) is 8.71. The Balaban J connectivity index is 1.94. The first-order chi connectivity index (χ1) is 10.2. The van der Waals surface area contributed by atoms with Gasteiger partial charge in [0, 0.05) is 29.7 Å². The number of nitrogens with zero attached hydrogens (tertiary/aromatic N) is 2. The quantitative estimate of drug-likeness (QED) is 0.789. The Morgan fingerprint density at radius 2 is 1.86 bits per heavy atom. The lowest BCUT2D eigenvalue weighted by molar-refractivity contribution is 0.252. The normalized spacial score (nSPS) is 10.0. The Bertz CT molecular complexity index is 597. The summed E-state index contributed by atoms with van der Waals surface area (Å²) in [6.07, 6.45) is 2.43. The van der Waals surface area contributed by atoms with Crippen molar-refractivity contribution in [3.63, 3.8) is 0 Å². The number of aryl methyl sites for hydroxylation is 1. The zero-order valence-corrected chi connectivity index (χ0v) is 12.2. The molecule has 110 valence electrons. The van der Waals surface area contributed by atoms with E-state index in [0.29, 0.717) is 6.54 Å². The average Bonchev–Trinajstić information content (AvgIpc) is 2.47. The van der Waals surface area contributed by atoms with Gasteiger partial charge in [0.25, 0.3) is 0 Å². The average molecular weight is 285 g/mol. The van der Waals surface area contributed by atoms with Crippen LogP contribution in [-0.2, 0) is 0 Å². The molecule has 0 saturated carbocycles. The van der Waals surface area contributed by atoms with Gasteiger partial charge in [-0.1, -0.05) is 6.92 Å². The van der Waals surface area contributed by atoms with E-state index in [2.05, 4.69) is 25.9 Å². The van der Waals surface area contributed by atoms with Crippen molar-refractivity contribution in [1.82, 2.24) is 15.3 Å². The minimum Gasteiger partial charge on any atom is -0.340 e. The standard InChI is InChI=1S/C15H19N5O/c1-3-8-16-15(21)20-13-6-4-12(5-7-13)19-14-9-11(2)17-10-18-14/h4-7,9-10H,3,8H2,1-2H3,(H2,16,20,21)(H,17,18,19). The Morgan fingerprint density at radius 1 is 1.14 bits per heavy atom. The molecule has 0 aliphatic heterocycles. The van der Waals surface area contributed by atoms with Gasteiger partial charge in [-0.2, -0.15) is 0 Å². The smallest absolute Gasteiger partial charge is 0.319 e. The molecular weight excluding hydrogens is 266 g/mol. The molecule has 0 fully saturated rings. The van der Waals surface area contributed by atoms with Gasteiger partial charge in [0.05, 0.1) is 0 Å². The zero-order chi connectivity index (χ0) is 15.1. The minimum absolute atomic E-state index is 0.191. The summed E-state index contributed by atoms with van der Waals surface area (Å²) < 4.78 is 0. The van der Waals surface area contributed by atoms with Gasteiger partial charge < -0.3 is 16.0 Å². The Morgan fingerprint density at radius 3 is 2.52 bits per heavy atom. The van der Waals surface area contributed by atoms with Crippen LogP contribution in [0.5, 0.6) is 0 Å². The SMILES string of the molecule is CCCNC(=O)Nc1ccc(Nc2cc(C)ncn2)cc1. The number of nitrogens with one attached hydrogen (secondary N) is 3. The first-order valence-corrected chi connectivity index (χ1v) is 6.88. The molecule has 2 aromatic rings. The molecular formula is C15H19N5O. The van der Waals surface area contributed by atoms with Gasteiger partial charge in [-0.15, -0.1) is 0 Å². The first kappa shape index (κ1) is 14.8. The molecule has 0 radical (unpaired) electrons. The van der Waals surface area contributed by atoms with Crippen LogP contribution in [0.25, 0.3) is 0 Å². The predicted molar refractivity (Wildman–Crippen MR) is 83.8 cm³/mol. The molecule has 6 nitrogen and oxygen atoms in total. The largest absolute Gasteiger partial charge is 0.340 e. The third kappa shape index (κ3) is 4.76. The van der Waals surface area contributed by atoms with Crippen molar-refractivity contribution in [3.8, 4) is 0 Å². The Hall–Kier alpha value is -2.63. The fourth-order valence-corrected chi connectivity index (χ4v) is 1.72. The number of carbonyl (C=O) groups excluding carboxylic acids is 1. The highest BCUT2D eigenvalue weighted by Gasteiger charge is 2.01. The Labute approximate surface area is 124 Å². The minimum atomic E-state index is -0.191. The second-order valence-corrected chi connectivity index (χ2v) is 4.63. The number of rotatable bonds is 5. The van der Waals surface area contributed by atoms with Crippen LogP contribution in [0, 0.1) is 6.92 Å². The van der Waals surface area contributed by atoms with Crippen molar-refractivity contribution >= 4 is 23.2 Å². The van der Waals surface area contributed by atoms with E-state index < -0.39 is 0 Å². The zero-order valence-electron chi connectivity index (χ0n) is 12.2. The van der Waals surface area contributed by atoms with Gasteiger partial charge in [-0.05, 0) is 37.6 Å². The van der Waals surface area contributed by atoms with E-state index in [0.717, 1.165) is 29.3 Å². The van der Waals surface area contributed by atoms with Gasteiger partial charge in [0.2, 0.25) is 0 Å². The third-order valence-electron chi connectivity index (χ3n) is 2.75. The van der Waals surface area contributed by atoms with E-state index in [1.54, 1.807) is 0 Å². The van der Waals surface area contributed by atoms with E-state index in [1.165, 1.54) is 6.33 Å². The number of amides is 2. The third-order valence-corrected chi connectivity index (χ3v) is 2.75. The fourth-order valence-electron chi connectivity index (χ4n) is 1.72. The summed E-state index contributed by atoms with van der Waals surface area (Å²) in [4.78, 5) is 19.7. The van der Waals surface area contributed by atoms with Gasteiger partial charge in [-0.25, -0.2) is 14.8 Å². The number of hydrogen-bond donors (Lipinski definition) is 3. The molecule has 2 rings (SSSR count). The van der Waals surface area contributed by atoms with Crippen LogP contribution >= 0.6 is 0 Å². The number of hydrogen-bond acceptors (Lipinski definition) is 4. The highest BCUT2D eigenvalue weighted by Crippen LogP contribution is 2.17. The lowest BCUT2D eigenvalue weighted by Gasteiger charge is -2.09. The van der Waals surface area contributed by atoms with Crippen molar-refractivity contribution in [2.75, 3.05) is 17.2 Å². The second-order valence-electron chi connectivity index (χ2n) is 4.63. The molecule has 0 unspecified atom stereocenters. The second kappa shape index (κ2) is 7.23. The van der Waals surface area contributed by atoms with Crippen molar-refractivity contribution in [2.45, 2.75) is 20.3 Å². The van der Waals surface area contributed by atoms with Crippen LogP contribution in [0.15, 0.2) is 36.7 Å². The van der Waals surface area contributed by atoms with Crippen molar-refractivity contribution < 1.29 is 4.79 Å². The van der Waals surface area contributed by atoms with Crippen molar-refractivity contribution in [1.29, 1.82) is 0 Å². The molecule has 0 aliphatic rings. The number of aromatic nitrogens is 2. The van der Waals surface area contributed by atoms with Crippen LogP contribution in [0.3, 0.4) is 0 Å². The molecule has 21 heavy (non-hydrogen) atoms. The molecule has 0 spiro atoms. The highest BCUT2D eigenvalue weighted by atomic mass is 16.2. The molecule has 6 heteroatoms. The molecule has 1 aromatic heterocycles. The summed E-state index contributed by atoms with van der Waals surface area (Å²) >= 11 is 0. The molecule has 1 heterocycles. The molecule has 0 atom stereocenters. The van der Waals surface area contributed by atoms with Gasteiger partial charge in [0.1, 0.15) is 12.1 Å². The molecule has 3 N–H and O–H groups in total. The first-order valence-electron chi connectivity index (χ1n) is 6.88. The number of anilines is 3. The van der Waals surface area contributed by atoms with E-state index in [-0.39, 0.29) is 6.03 Å². The van der Waals surface area contributed by atoms with Crippen LogP contribution in [0.4, 0.5) is 22.0 Å². The van der Waals surface area contributed by atoms with Crippen molar-refractivity contribution in [3.05, 3.63) is 42.4 Å². The van der Waals surface area contributed by atoms with Crippen molar-refractivity contribution in [2.24, 2.45) is 0 Å². The van der Waals surface area contributed by atoms with Gasteiger partial charge in [0.15, 0.2) is 0 Å². The molecule has 0 saturated heterocycles. The topological polar surface area (TPSA) is 78.9 Å². The number of urea groups is 1. The number of carbonyl (C=O) groups is 1. The summed E-state index contributed by atoms with van der Waals surface area (Å²) in [7, 11) is 0. The van der Waals surface area contributed by atoms with Crippen LogP contribution in [0.1, 0.15) is 19.0 Å². The lowest BCUT2D eigenvalue weighted by Crippen LogP contribution is -2.29. The van der Waals surface area contributed by atoms with Gasteiger partial charge >= 0.3 is 6.03 Å². The molecule has 2 amide bonds. The molecule has 1 aromatic carbocycles. The summed E-state index contributed by atoms with van der Waals surface area (Å²) in [6, 6.07) is 9.11. The van der Waals surface area contributed by atoms with Crippen LogP contribution in [-0.4, -0.2) is 22.5 Å². The maximum Gasteiger partial charge on any atom is 0.319 e. The van der Waals surface area contributed by atoms with E-state index >= 15 is 0 Å². The maximum atomic E-state index is 11.5. The van der Waals surface area contributed by atoms with Gasteiger partial charge in [-0.3, -0.25) is 0 Å². The van der Waals surface area contributed by atoms with E-state index in [4.69, 9.17) is 0 Å². The summed E-state index contributed by atoms with van der Waals surface area (Å²) in [5.41, 5.74) is 2.54. The molecule has 0 bridgehead atoms. The summed E-state index contributed by atoms with van der Waals surface area (Å²) in [5.74, 6) is 0.740. The van der Waals surface area contributed by atoms with Crippen LogP contribution in [0.2, 0.25) is 0 Å². The van der Waals surface area contributed by atoms with E-state index in [9.17, 15) is 4.79 Å². The monoisotopic (exact) mass is 285 g/mol. The fraction of sp³-hybridized carbons (Fsp3) is 0.267. The Kier molecular flexibility index (Phi) is 5.09. The highest BCUT2D eigenvalue weighted by molar-refractivity contribution is 5.89. The van der Waals surface area contributed by atoms with Crippen LogP contribution < -0.4 is 16.0 Å². The number of benzene rings is 1. The predicted octanol–water partition coefficient (Wildman–Crippen LogP) is 3.06. The summed E-state index contributed by atoms with van der Waals surface area (Å²) in [6.45, 7) is 4.59.